The molecule has 0 atom stereocenters. The van der Waals surface area contributed by atoms with Crippen molar-refractivity contribution in [2.24, 2.45) is 0 Å². The zero-order valence-corrected chi connectivity index (χ0v) is 8.36. The molecule has 0 aliphatic heterocycles. The van der Waals surface area contributed by atoms with Crippen LogP contribution in [0.3, 0.4) is 0 Å². The van der Waals surface area contributed by atoms with Gasteiger partial charge in [-0.25, -0.2) is 9.59 Å². The van der Waals surface area contributed by atoms with Gasteiger partial charge in [-0.1, -0.05) is 13.0 Å². The zero-order valence-electron chi connectivity index (χ0n) is 8.36. The van der Waals surface area contributed by atoms with Crippen molar-refractivity contribution in [3.63, 3.8) is 0 Å². The van der Waals surface area contributed by atoms with Gasteiger partial charge in [0.05, 0.1) is 0 Å². The first kappa shape index (κ1) is 13.4. The molecule has 0 unspecified atom stereocenters. The first-order valence-electron chi connectivity index (χ1n) is 4.62. The van der Waals surface area contributed by atoms with Crippen LogP contribution in [0, 0.1) is 0 Å². The fourth-order valence-corrected chi connectivity index (χ4v) is 1.04. The monoisotopic (exact) mass is 214 g/mol. The van der Waals surface area contributed by atoms with Gasteiger partial charge in [0.2, 0.25) is 0 Å². The second-order valence-electron chi connectivity index (χ2n) is 3.19. The number of hydrogen-bond acceptors (Lipinski definition) is 3. The summed E-state index contributed by atoms with van der Waals surface area (Å²) in [7, 11) is 0. The molecule has 0 aromatic carbocycles. The van der Waals surface area contributed by atoms with Crippen LogP contribution in [-0.2, 0) is 14.4 Å². The van der Waals surface area contributed by atoms with Gasteiger partial charge in [-0.2, -0.15) is 0 Å². The predicted molar refractivity (Wildman–Crippen MR) is 52.5 cm³/mol. The van der Waals surface area contributed by atoms with E-state index in [0.717, 1.165) is 25.7 Å². The molecule has 0 aromatic rings. The molecule has 0 heterocycles. The Morgan fingerprint density at radius 3 is 1.53 bits per heavy atom. The van der Waals surface area contributed by atoms with Crippen LogP contribution in [0.25, 0.3) is 0 Å². The molecule has 0 radical (unpaired) electrons. The van der Waals surface area contributed by atoms with Crippen molar-refractivity contribution >= 4 is 17.7 Å². The highest BCUT2D eigenvalue weighted by atomic mass is 16.4. The van der Waals surface area contributed by atoms with Gasteiger partial charge in [-0.15, -0.1) is 0 Å². The fourth-order valence-electron chi connectivity index (χ4n) is 1.04. The standard InChI is InChI=1S/C6H10O.C4H4O4/c7-6-4-2-1-3-5-6;1-2(3(5)6)4(7)8/h1-5H2;1H2,(H,5,6)(H,7,8). The number of carboxylic acids is 2. The quantitative estimate of drug-likeness (QED) is 0.410. The van der Waals surface area contributed by atoms with E-state index in [4.69, 9.17) is 10.2 Å². The van der Waals surface area contributed by atoms with Gasteiger partial charge in [0.25, 0.3) is 0 Å². The highest BCUT2D eigenvalue weighted by molar-refractivity contribution is 6.11. The second-order valence-corrected chi connectivity index (χ2v) is 3.19. The number of rotatable bonds is 2. The van der Waals surface area contributed by atoms with Gasteiger partial charge in [0, 0.05) is 12.8 Å². The minimum atomic E-state index is -1.50. The predicted octanol–water partition coefficient (Wildman–Crippen LogP) is 1.23. The third-order valence-corrected chi connectivity index (χ3v) is 1.93. The van der Waals surface area contributed by atoms with Gasteiger partial charge < -0.3 is 10.2 Å². The molecule has 5 heteroatoms. The van der Waals surface area contributed by atoms with Gasteiger partial charge in [0.1, 0.15) is 11.4 Å². The molecule has 1 fully saturated rings. The normalized spacial score (nSPS) is 14.8. The Hall–Kier alpha value is -1.65. The number of carboxylic acid groups (broad SMARTS) is 2. The Kier molecular flexibility index (Phi) is 6.01. The highest BCUT2D eigenvalue weighted by Crippen LogP contribution is 2.12. The van der Waals surface area contributed by atoms with Gasteiger partial charge in [-0.3, -0.25) is 4.79 Å². The minimum Gasteiger partial charge on any atom is -0.477 e. The van der Waals surface area contributed by atoms with Crippen molar-refractivity contribution < 1.29 is 24.6 Å². The summed E-state index contributed by atoms with van der Waals surface area (Å²) in [5.74, 6) is -2.54. The van der Waals surface area contributed by atoms with Crippen molar-refractivity contribution in [2.45, 2.75) is 32.1 Å². The summed E-state index contributed by atoms with van der Waals surface area (Å²) >= 11 is 0. The van der Waals surface area contributed by atoms with E-state index in [1.54, 1.807) is 0 Å². The van der Waals surface area contributed by atoms with Crippen molar-refractivity contribution in [3.8, 4) is 0 Å². The van der Waals surface area contributed by atoms with E-state index in [0.29, 0.717) is 5.78 Å². The van der Waals surface area contributed by atoms with Gasteiger partial charge in [-0.05, 0) is 12.8 Å². The average molecular weight is 214 g/mol. The molecule has 0 amide bonds. The number of aliphatic carboxylic acids is 2. The minimum absolute atomic E-state index is 0.464. The maximum absolute atomic E-state index is 10.5. The van der Waals surface area contributed by atoms with E-state index in [9.17, 15) is 14.4 Å². The Labute approximate surface area is 87.4 Å². The van der Waals surface area contributed by atoms with Crippen LogP contribution in [0.4, 0.5) is 0 Å². The van der Waals surface area contributed by atoms with Crippen molar-refractivity contribution in [1.82, 2.24) is 0 Å². The molecule has 1 aliphatic rings. The van der Waals surface area contributed by atoms with E-state index in [2.05, 4.69) is 6.58 Å². The van der Waals surface area contributed by atoms with Crippen molar-refractivity contribution in [3.05, 3.63) is 12.2 Å². The first-order chi connectivity index (χ1) is 6.95. The van der Waals surface area contributed by atoms with E-state index < -0.39 is 17.5 Å². The van der Waals surface area contributed by atoms with Crippen LogP contribution in [0.15, 0.2) is 12.2 Å². The van der Waals surface area contributed by atoms with Crippen molar-refractivity contribution in [1.29, 1.82) is 0 Å². The fraction of sp³-hybridized carbons (Fsp3) is 0.500. The SMILES string of the molecule is C=C(C(=O)O)C(=O)O.O=C1CCCCC1. The molecule has 1 rings (SSSR count). The third-order valence-electron chi connectivity index (χ3n) is 1.93. The lowest BCUT2D eigenvalue weighted by Gasteiger charge is -2.05. The summed E-state index contributed by atoms with van der Waals surface area (Å²) in [6.45, 7) is 2.75. The first-order valence-corrected chi connectivity index (χ1v) is 4.62. The molecule has 15 heavy (non-hydrogen) atoms. The molecule has 5 nitrogen and oxygen atoms in total. The molecule has 0 saturated heterocycles. The van der Waals surface area contributed by atoms with Crippen LogP contribution in [0.5, 0.6) is 0 Å². The third kappa shape index (κ3) is 6.42. The number of ketones is 1. The number of Topliss-reactive ketones (excluding diaryl/α,β-unsaturated/α-hetero) is 1. The molecular formula is C10H14O5. The summed E-state index contributed by atoms with van der Waals surface area (Å²) in [4.78, 5) is 29.8. The Bertz CT molecular complexity index is 256. The highest BCUT2D eigenvalue weighted by Gasteiger charge is 2.10. The Balaban J connectivity index is 0.000000262. The van der Waals surface area contributed by atoms with Crippen molar-refractivity contribution in [2.75, 3.05) is 0 Å². The van der Waals surface area contributed by atoms with Crippen LogP contribution < -0.4 is 0 Å². The van der Waals surface area contributed by atoms with E-state index in [-0.39, 0.29) is 0 Å². The second kappa shape index (κ2) is 6.75. The zero-order chi connectivity index (χ0) is 11.8. The van der Waals surface area contributed by atoms with Gasteiger partial charge >= 0.3 is 11.9 Å². The molecular weight excluding hydrogens is 200 g/mol. The molecule has 0 aromatic heterocycles. The molecule has 0 bridgehead atoms. The number of hydrogen-bond donors (Lipinski definition) is 2. The maximum Gasteiger partial charge on any atom is 0.342 e. The van der Waals surface area contributed by atoms with Crippen LogP contribution in [-0.4, -0.2) is 27.9 Å². The van der Waals surface area contributed by atoms with E-state index >= 15 is 0 Å². The Morgan fingerprint density at radius 1 is 1.00 bits per heavy atom. The summed E-state index contributed by atoms with van der Waals surface area (Å²) in [6, 6.07) is 0. The summed E-state index contributed by atoms with van der Waals surface area (Å²) < 4.78 is 0. The lowest BCUT2D eigenvalue weighted by Crippen LogP contribution is -2.08. The molecule has 2 N–H and O–H groups in total. The topological polar surface area (TPSA) is 91.7 Å². The maximum atomic E-state index is 10.5. The molecule has 1 aliphatic carbocycles. The largest absolute Gasteiger partial charge is 0.477 e. The number of carbonyl (C=O) groups is 3. The number of carbonyl (C=O) groups excluding carboxylic acids is 1. The van der Waals surface area contributed by atoms with Crippen LogP contribution in [0.1, 0.15) is 32.1 Å². The molecule has 0 spiro atoms. The van der Waals surface area contributed by atoms with Crippen LogP contribution >= 0.6 is 0 Å². The molecule has 84 valence electrons. The average Bonchev–Trinajstić information content (AvgIpc) is 2.18. The van der Waals surface area contributed by atoms with Gasteiger partial charge in [0.15, 0.2) is 0 Å². The van der Waals surface area contributed by atoms with E-state index in [1.807, 2.05) is 0 Å². The van der Waals surface area contributed by atoms with E-state index in [1.165, 1.54) is 6.42 Å². The molecule has 1 saturated carbocycles. The lowest BCUT2D eigenvalue weighted by atomic mass is 10.00. The summed E-state index contributed by atoms with van der Waals surface area (Å²) in [6.07, 6.45) is 5.24. The lowest BCUT2D eigenvalue weighted by molar-refractivity contribution is -0.140. The summed E-state index contributed by atoms with van der Waals surface area (Å²) in [5.41, 5.74) is -0.815. The smallest absolute Gasteiger partial charge is 0.342 e. The van der Waals surface area contributed by atoms with Crippen LogP contribution in [0.2, 0.25) is 0 Å². The Morgan fingerprint density at radius 2 is 1.40 bits per heavy atom. The summed E-state index contributed by atoms with van der Waals surface area (Å²) in [5, 5.41) is 15.7.